The van der Waals surface area contributed by atoms with Crippen molar-refractivity contribution in [1.82, 2.24) is 10.1 Å². The second-order valence-corrected chi connectivity index (χ2v) is 4.97. The molecule has 0 fully saturated rings. The van der Waals surface area contributed by atoms with Crippen molar-refractivity contribution in [3.63, 3.8) is 0 Å². The Balaban J connectivity index is 2.06. The van der Waals surface area contributed by atoms with Gasteiger partial charge >= 0.3 is 0 Å². The first-order valence-electron chi connectivity index (χ1n) is 6.90. The molecule has 0 amide bonds. The fourth-order valence-corrected chi connectivity index (χ4v) is 1.97. The number of nitrogens with two attached hydrogens (primary N) is 1. The van der Waals surface area contributed by atoms with Gasteiger partial charge in [-0.05, 0) is 26.3 Å². The average molecular weight is 275 g/mol. The Kier molecular flexibility index (Phi) is 4.74. The molecule has 2 rings (SSSR count). The normalized spacial score (nSPS) is 12.4. The third kappa shape index (κ3) is 3.57. The van der Waals surface area contributed by atoms with Crippen LogP contribution in [-0.2, 0) is 13.0 Å². The number of aromatic nitrogens is 2. The number of ether oxygens (including phenoxy) is 1. The lowest BCUT2D eigenvalue weighted by Crippen LogP contribution is -2.08. The van der Waals surface area contributed by atoms with Crippen LogP contribution in [-0.4, -0.2) is 10.1 Å². The van der Waals surface area contributed by atoms with E-state index in [1.54, 1.807) is 0 Å². The van der Waals surface area contributed by atoms with E-state index in [1.165, 1.54) is 0 Å². The molecule has 1 aromatic heterocycles. The van der Waals surface area contributed by atoms with E-state index in [-0.39, 0.29) is 12.6 Å². The summed E-state index contributed by atoms with van der Waals surface area (Å²) in [7, 11) is 0. The molecule has 2 N–H and O–H groups in total. The first-order chi connectivity index (χ1) is 9.60. The zero-order chi connectivity index (χ0) is 14.5. The summed E-state index contributed by atoms with van der Waals surface area (Å²) in [5.74, 6) is 1.98. The molecule has 0 radical (unpaired) electrons. The molecule has 0 aliphatic rings. The van der Waals surface area contributed by atoms with Crippen LogP contribution in [0, 0.1) is 6.92 Å². The summed E-state index contributed by atoms with van der Waals surface area (Å²) in [6.07, 6.45) is 1.81. The third-order valence-electron chi connectivity index (χ3n) is 2.99. The SMILES string of the molecule is CCCc1noc(COc2ccc(C)cc2[C@@H](C)N)n1. The molecular weight excluding hydrogens is 254 g/mol. The van der Waals surface area contributed by atoms with Crippen LogP contribution in [0.1, 0.15) is 49.2 Å². The largest absolute Gasteiger partial charge is 0.483 e. The van der Waals surface area contributed by atoms with E-state index in [0.29, 0.717) is 5.89 Å². The zero-order valence-electron chi connectivity index (χ0n) is 12.2. The van der Waals surface area contributed by atoms with E-state index in [1.807, 2.05) is 32.0 Å². The Hall–Kier alpha value is -1.88. The van der Waals surface area contributed by atoms with Gasteiger partial charge in [0.05, 0.1) is 0 Å². The lowest BCUT2D eigenvalue weighted by atomic mass is 10.1. The number of hydrogen-bond acceptors (Lipinski definition) is 5. The predicted octanol–water partition coefficient (Wildman–Crippen LogP) is 2.93. The van der Waals surface area contributed by atoms with Crippen molar-refractivity contribution in [2.75, 3.05) is 0 Å². The fourth-order valence-electron chi connectivity index (χ4n) is 1.97. The molecule has 0 aliphatic carbocycles. The minimum Gasteiger partial charge on any atom is -0.483 e. The highest BCUT2D eigenvalue weighted by Gasteiger charge is 2.11. The minimum absolute atomic E-state index is 0.0803. The summed E-state index contributed by atoms with van der Waals surface area (Å²) in [6, 6.07) is 5.88. The van der Waals surface area contributed by atoms with Gasteiger partial charge in [-0.25, -0.2) is 0 Å². The summed E-state index contributed by atoms with van der Waals surface area (Å²) >= 11 is 0. The number of hydrogen-bond donors (Lipinski definition) is 1. The molecule has 0 saturated heterocycles. The molecule has 20 heavy (non-hydrogen) atoms. The smallest absolute Gasteiger partial charge is 0.264 e. The first kappa shape index (κ1) is 14.5. The lowest BCUT2D eigenvalue weighted by molar-refractivity contribution is 0.240. The first-order valence-corrected chi connectivity index (χ1v) is 6.90. The van der Waals surface area contributed by atoms with Crippen LogP contribution >= 0.6 is 0 Å². The van der Waals surface area contributed by atoms with E-state index in [9.17, 15) is 0 Å². The predicted molar refractivity (Wildman–Crippen MR) is 76.4 cm³/mol. The Morgan fingerprint density at radius 2 is 2.20 bits per heavy atom. The quantitative estimate of drug-likeness (QED) is 0.877. The van der Waals surface area contributed by atoms with Gasteiger partial charge in [0.2, 0.25) is 0 Å². The van der Waals surface area contributed by atoms with Crippen LogP contribution in [0.5, 0.6) is 5.75 Å². The third-order valence-corrected chi connectivity index (χ3v) is 2.99. The number of nitrogens with zero attached hydrogens (tertiary/aromatic N) is 2. The molecule has 1 atom stereocenters. The Bertz CT molecular complexity index is 564. The Morgan fingerprint density at radius 3 is 2.90 bits per heavy atom. The standard InChI is InChI=1S/C15H21N3O2/c1-4-5-14-17-15(20-18-14)9-19-13-7-6-10(2)8-12(13)11(3)16/h6-8,11H,4-5,9,16H2,1-3H3/t11-/m1/s1. The van der Waals surface area contributed by atoms with Crippen LogP contribution < -0.4 is 10.5 Å². The highest BCUT2D eigenvalue weighted by atomic mass is 16.5. The Morgan fingerprint density at radius 1 is 1.40 bits per heavy atom. The molecule has 1 heterocycles. The van der Waals surface area contributed by atoms with Gasteiger partial charge in [0, 0.05) is 18.0 Å². The number of rotatable bonds is 6. The molecule has 5 nitrogen and oxygen atoms in total. The van der Waals surface area contributed by atoms with Gasteiger partial charge in [0.15, 0.2) is 12.4 Å². The van der Waals surface area contributed by atoms with E-state index in [4.69, 9.17) is 15.0 Å². The van der Waals surface area contributed by atoms with Gasteiger partial charge in [-0.2, -0.15) is 4.98 Å². The van der Waals surface area contributed by atoms with E-state index in [2.05, 4.69) is 17.1 Å². The monoisotopic (exact) mass is 275 g/mol. The van der Waals surface area contributed by atoms with Gasteiger partial charge in [-0.1, -0.05) is 29.8 Å². The van der Waals surface area contributed by atoms with Gasteiger partial charge in [0.1, 0.15) is 5.75 Å². The van der Waals surface area contributed by atoms with E-state index in [0.717, 1.165) is 35.5 Å². The second kappa shape index (κ2) is 6.52. The van der Waals surface area contributed by atoms with Crippen molar-refractivity contribution >= 4 is 0 Å². The number of benzene rings is 1. The van der Waals surface area contributed by atoms with Crippen molar-refractivity contribution in [1.29, 1.82) is 0 Å². The van der Waals surface area contributed by atoms with Gasteiger partial charge in [-0.15, -0.1) is 0 Å². The van der Waals surface area contributed by atoms with Crippen molar-refractivity contribution in [2.45, 2.75) is 46.3 Å². The van der Waals surface area contributed by atoms with Crippen LogP contribution in [0.15, 0.2) is 22.7 Å². The summed E-state index contributed by atoms with van der Waals surface area (Å²) in [6.45, 7) is 6.31. The molecule has 1 aromatic carbocycles. The lowest BCUT2D eigenvalue weighted by Gasteiger charge is -2.13. The fraction of sp³-hybridized carbons (Fsp3) is 0.467. The van der Waals surface area contributed by atoms with Crippen molar-refractivity contribution in [3.05, 3.63) is 41.0 Å². The topological polar surface area (TPSA) is 74.2 Å². The zero-order valence-corrected chi connectivity index (χ0v) is 12.2. The highest BCUT2D eigenvalue weighted by Crippen LogP contribution is 2.25. The molecule has 0 aliphatic heterocycles. The van der Waals surface area contributed by atoms with Crippen LogP contribution in [0.4, 0.5) is 0 Å². The maximum Gasteiger partial charge on any atom is 0.264 e. The van der Waals surface area contributed by atoms with Gasteiger partial charge in [0.25, 0.3) is 5.89 Å². The molecule has 5 heteroatoms. The summed E-state index contributed by atoms with van der Waals surface area (Å²) in [4.78, 5) is 4.27. The maximum absolute atomic E-state index is 5.96. The summed E-state index contributed by atoms with van der Waals surface area (Å²) < 4.78 is 10.9. The van der Waals surface area contributed by atoms with Crippen LogP contribution in [0.25, 0.3) is 0 Å². The molecular formula is C15H21N3O2. The van der Waals surface area contributed by atoms with E-state index >= 15 is 0 Å². The van der Waals surface area contributed by atoms with Crippen molar-refractivity contribution < 1.29 is 9.26 Å². The Labute approximate surface area is 119 Å². The van der Waals surface area contributed by atoms with Crippen LogP contribution in [0.2, 0.25) is 0 Å². The van der Waals surface area contributed by atoms with Gasteiger partial charge < -0.3 is 15.0 Å². The number of aryl methyl sites for hydroxylation is 2. The van der Waals surface area contributed by atoms with Gasteiger partial charge in [-0.3, -0.25) is 0 Å². The molecule has 0 saturated carbocycles. The molecule has 2 aromatic rings. The molecule has 108 valence electrons. The minimum atomic E-state index is -0.0803. The van der Waals surface area contributed by atoms with E-state index < -0.39 is 0 Å². The van der Waals surface area contributed by atoms with Crippen molar-refractivity contribution in [3.8, 4) is 5.75 Å². The maximum atomic E-state index is 5.96. The average Bonchev–Trinajstić information content (AvgIpc) is 2.85. The molecule has 0 spiro atoms. The highest BCUT2D eigenvalue weighted by molar-refractivity contribution is 5.38. The molecule has 0 unspecified atom stereocenters. The van der Waals surface area contributed by atoms with Crippen molar-refractivity contribution in [2.24, 2.45) is 5.73 Å². The molecule has 0 bridgehead atoms. The second-order valence-electron chi connectivity index (χ2n) is 4.97. The van der Waals surface area contributed by atoms with Crippen LogP contribution in [0.3, 0.4) is 0 Å². The summed E-state index contributed by atoms with van der Waals surface area (Å²) in [5.41, 5.74) is 8.11. The summed E-state index contributed by atoms with van der Waals surface area (Å²) in [5, 5.41) is 3.90.